The first kappa shape index (κ1) is 11.3. The fraction of sp³-hybridized carbons (Fsp3) is 1.00. The van der Waals surface area contributed by atoms with E-state index in [1.54, 1.807) is 0 Å². The van der Waals surface area contributed by atoms with Gasteiger partial charge in [-0.1, -0.05) is 0 Å². The van der Waals surface area contributed by atoms with E-state index in [-0.39, 0.29) is 6.04 Å². The Kier molecular flexibility index (Phi) is 3.97. The minimum atomic E-state index is 0.263. The summed E-state index contributed by atoms with van der Waals surface area (Å²) in [4.78, 5) is 2.38. The van der Waals surface area contributed by atoms with Crippen LogP contribution in [0.4, 0.5) is 0 Å². The zero-order valence-electron chi connectivity index (χ0n) is 9.61. The zero-order valence-corrected chi connectivity index (χ0v) is 9.61. The topological polar surface area (TPSA) is 50.5 Å². The Labute approximate surface area is 92.1 Å². The van der Waals surface area contributed by atoms with E-state index in [4.69, 9.17) is 10.5 Å². The summed E-state index contributed by atoms with van der Waals surface area (Å²) in [6, 6.07) is 0.631. The van der Waals surface area contributed by atoms with Crippen LogP contribution in [0.1, 0.15) is 12.8 Å². The standard InChI is InChI=1S/C11H23N3O/c1-14-5-2-9(3-6-14)11(12)10-8-15-7-4-13-10/h9-11,13H,2-8,12H2,1H3. The Balaban J connectivity index is 1.81. The smallest absolute Gasteiger partial charge is 0.0635 e. The van der Waals surface area contributed by atoms with Crippen molar-refractivity contribution in [2.45, 2.75) is 24.9 Å². The molecule has 88 valence electrons. The Morgan fingerprint density at radius 3 is 2.73 bits per heavy atom. The molecular weight excluding hydrogens is 190 g/mol. The van der Waals surface area contributed by atoms with E-state index in [1.165, 1.54) is 25.9 Å². The SMILES string of the molecule is CN1CCC(C(N)C2COCCN2)CC1. The molecule has 0 aromatic heterocycles. The van der Waals surface area contributed by atoms with Crippen LogP contribution in [0.3, 0.4) is 0 Å². The summed E-state index contributed by atoms with van der Waals surface area (Å²) in [6.45, 7) is 4.94. The summed E-state index contributed by atoms with van der Waals surface area (Å²) in [5.41, 5.74) is 6.31. The highest BCUT2D eigenvalue weighted by Gasteiger charge is 2.29. The van der Waals surface area contributed by atoms with Gasteiger partial charge < -0.3 is 20.7 Å². The van der Waals surface area contributed by atoms with Gasteiger partial charge in [-0.25, -0.2) is 0 Å². The van der Waals surface area contributed by atoms with Crippen LogP contribution in [0.15, 0.2) is 0 Å². The molecule has 2 aliphatic heterocycles. The van der Waals surface area contributed by atoms with E-state index in [0.717, 1.165) is 19.8 Å². The maximum absolute atomic E-state index is 6.31. The molecule has 2 saturated heterocycles. The van der Waals surface area contributed by atoms with Gasteiger partial charge in [0.05, 0.1) is 13.2 Å². The first-order chi connectivity index (χ1) is 7.27. The van der Waals surface area contributed by atoms with Gasteiger partial charge in [-0.3, -0.25) is 0 Å². The van der Waals surface area contributed by atoms with E-state index in [1.807, 2.05) is 0 Å². The molecule has 2 atom stereocenters. The predicted molar refractivity (Wildman–Crippen MR) is 60.8 cm³/mol. The molecule has 4 nitrogen and oxygen atoms in total. The molecule has 2 heterocycles. The van der Waals surface area contributed by atoms with E-state index in [0.29, 0.717) is 12.0 Å². The summed E-state index contributed by atoms with van der Waals surface area (Å²) in [5, 5.41) is 3.46. The predicted octanol–water partition coefficient (Wildman–Crippen LogP) is -0.356. The number of nitrogens with two attached hydrogens (primary N) is 1. The molecule has 3 N–H and O–H groups in total. The van der Waals surface area contributed by atoms with Crippen LogP contribution in [0.25, 0.3) is 0 Å². The maximum Gasteiger partial charge on any atom is 0.0635 e. The van der Waals surface area contributed by atoms with Crippen molar-refractivity contribution < 1.29 is 4.74 Å². The second-order valence-electron chi connectivity index (χ2n) is 4.85. The molecule has 0 spiro atoms. The fourth-order valence-corrected chi connectivity index (χ4v) is 2.57. The van der Waals surface area contributed by atoms with Crippen LogP contribution in [0.5, 0.6) is 0 Å². The third kappa shape index (κ3) is 2.91. The van der Waals surface area contributed by atoms with Gasteiger partial charge >= 0.3 is 0 Å². The van der Waals surface area contributed by atoms with Crippen molar-refractivity contribution in [3.8, 4) is 0 Å². The van der Waals surface area contributed by atoms with E-state index in [9.17, 15) is 0 Å². The van der Waals surface area contributed by atoms with Gasteiger partial charge in [0.25, 0.3) is 0 Å². The second-order valence-corrected chi connectivity index (χ2v) is 4.85. The average molecular weight is 213 g/mol. The molecule has 0 saturated carbocycles. The Morgan fingerprint density at radius 1 is 1.40 bits per heavy atom. The number of likely N-dealkylation sites (tertiary alicyclic amines) is 1. The Bertz CT molecular complexity index is 186. The number of ether oxygens (including phenoxy) is 1. The lowest BCUT2D eigenvalue weighted by atomic mass is 9.86. The van der Waals surface area contributed by atoms with Gasteiger partial charge in [-0.15, -0.1) is 0 Å². The second kappa shape index (κ2) is 5.25. The number of nitrogens with one attached hydrogen (secondary N) is 1. The number of hydrogen-bond donors (Lipinski definition) is 2. The van der Waals surface area contributed by atoms with Gasteiger partial charge in [0.15, 0.2) is 0 Å². The van der Waals surface area contributed by atoms with Crippen molar-refractivity contribution in [2.75, 3.05) is 39.9 Å². The normalized spacial score (nSPS) is 32.8. The van der Waals surface area contributed by atoms with E-state index in [2.05, 4.69) is 17.3 Å². The molecule has 0 aromatic carbocycles. The van der Waals surface area contributed by atoms with Crippen LogP contribution >= 0.6 is 0 Å². The highest BCUT2D eigenvalue weighted by molar-refractivity contribution is 4.89. The minimum absolute atomic E-state index is 0.263. The zero-order chi connectivity index (χ0) is 10.7. The highest BCUT2D eigenvalue weighted by atomic mass is 16.5. The largest absolute Gasteiger partial charge is 0.378 e. The lowest BCUT2D eigenvalue weighted by Crippen LogP contribution is -2.56. The fourth-order valence-electron chi connectivity index (χ4n) is 2.57. The van der Waals surface area contributed by atoms with Crippen LogP contribution < -0.4 is 11.1 Å². The molecule has 4 heteroatoms. The van der Waals surface area contributed by atoms with Crippen molar-refractivity contribution in [3.05, 3.63) is 0 Å². The molecule has 0 aliphatic carbocycles. The molecule has 0 bridgehead atoms. The third-order valence-corrected chi connectivity index (χ3v) is 3.72. The van der Waals surface area contributed by atoms with Crippen molar-refractivity contribution >= 4 is 0 Å². The van der Waals surface area contributed by atoms with Gasteiger partial charge in [-0.2, -0.15) is 0 Å². The molecule has 2 unspecified atom stereocenters. The average Bonchev–Trinajstić information content (AvgIpc) is 2.30. The molecule has 2 aliphatic rings. The van der Waals surface area contributed by atoms with Gasteiger partial charge in [0.1, 0.15) is 0 Å². The molecule has 0 radical (unpaired) electrons. The number of nitrogens with zero attached hydrogens (tertiary/aromatic N) is 1. The number of morpholine rings is 1. The van der Waals surface area contributed by atoms with Crippen molar-refractivity contribution in [2.24, 2.45) is 11.7 Å². The van der Waals surface area contributed by atoms with Crippen LogP contribution in [0, 0.1) is 5.92 Å². The number of rotatable bonds is 2. The van der Waals surface area contributed by atoms with Gasteiger partial charge in [-0.05, 0) is 38.9 Å². The molecule has 0 amide bonds. The minimum Gasteiger partial charge on any atom is -0.378 e. The quantitative estimate of drug-likeness (QED) is 0.658. The van der Waals surface area contributed by atoms with E-state index < -0.39 is 0 Å². The van der Waals surface area contributed by atoms with Gasteiger partial charge in [0.2, 0.25) is 0 Å². The molecule has 0 aromatic rings. The summed E-state index contributed by atoms with van der Waals surface area (Å²) in [5.74, 6) is 0.667. The van der Waals surface area contributed by atoms with Crippen molar-refractivity contribution in [1.82, 2.24) is 10.2 Å². The Morgan fingerprint density at radius 2 is 2.13 bits per heavy atom. The van der Waals surface area contributed by atoms with Crippen molar-refractivity contribution in [1.29, 1.82) is 0 Å². The lowest BCUT2D eigenvalue weighted by Gasteiger charge is -2.37. The maximum atomic E-state index is 6.31. The number of hydrogen-bond acceptors (Lipinski definition) is 4. The van der Waals surface area contributed by atoms with Crippen molar-refractivity contribution in [3.63, 3.8) is 0 Å². The van der Waals surface area contributed by atoms with Gasteiger partial charge in [0, 0.05) is 18.6 Å². The summed E-state index contributed by atoms with van der Waals surface area (Å²) in [7, 11) is 2.18. The molecule has 2 rings (SSSR count). The third-order valence-electron chi connectivity index (χ3n) is 3.72. The summed E-state index contributed by atoms with van der Waals surface area (Å²) >= 11 is 0. The molecule has 2 fully saturated rings. The summed E-state index contributed by atoms with van der Waals surface area (Å²) in [6.07, 6.45) is 2.46. The van der Waals surface area contributed by atoms with Crippen LogP contribution in [-0.4, -0.2) is 56.9 Å². The van der Waals surface area contributed by atoms with Crippen LogP contribution in [0.2, 0.25) is 0 Å². The monoisotopic (exact) mass is 213 g/mol. The molecule has 15 heavy (non-hydrogen) atoms. The number of piperidine rings is 1. The van der Waals surface area contributed by atoms with E-state index >= 15 is 0 Å². The highest BCUT2D eigenvalue weighted by Crippen LogP contribution is 2.21. The Hall–Kier alpha value is -0.160. The lowest BCUT2D eigenvalue weighted by molar-refractivity contribution is 0.0540. The first-order valence-corrected chi connectivity index (χ1v) is 6.02. The molecular formula is C11H23N3O. The summed E-state index contributed by atoms with van der Waals surface area (Å²) < 4.78 is 5.46. The first-order valence-electron chi connectivity index (χ1n) is 6.02. The van der Waals surface area contributed by atoms with Crippen LogP contribution in [-0.2, 0) is 4.74 Å².